The fourth-order valence-electron chi connectivity index (χ4n) is 2.97. The summed E-state index contributed by atoms with van der Waals surface area (Å²) < 4.78 is 30.6. The zero-order valence-corrected chi connectivity index (χ0v) is 21.2. The maximum absolute atomic E-state index is 11.5. The lowest BCUT2D eigenvalue weighted by atomic mass is 10.1. The molecule has 0 saturated carbocycles. The van der Waals surface area contributed by atoms with Crippen LogP contribution in [0.25, 0.3) is 0 Å². The zero-order valence-electron chi connectivity index (χ0n) is 18.1. The SMILES string of the molecule is CN=C(NCCOc1ccc(S(C)(=O)=O)cc1)NCc1ccccc1Cn1cccn1.I. The van der Waals surface area contributed by atoms with Gasteiger partial charge >= 0.3 is 0 Å². The third-order valence-corrected chi connectivity index (χ3v) is 5.72. The van der Waals surface area contributed by atoms with Crippen molar-refractivity contribution in [3.05, 3.63) is 78.1 Å². The molecule has 1 heterocycles. The Morgan fingerprint density at radius 2 is 1.78 bits per heavy atom. The highest BCUT2D eigenvalue weighted by Gasteiger charge is 2.07. The van der Waals surface area contributed by atoms with E-state index in [2.05, 4.69) is 32.9 Å². The Morgan fingerprint density at radius 3 is 2.41 bits per heavy atom. The maximum Gasteiger partial charge on any atom is 0.191 e. The third-order valence-electron chi connectivity index (χ3n) is 4.59. The predicted molar refractivity (Wildman–Crippen MR) is 136 cm³/mol. The van der Waals surface area contributed by atoms with E-state index in [9.17, 15) is 8.42 Å². The highest BCUT2D eigenvalue weighted by molar-refractivity contribution is 14.0. The van der Waals surface area contributed by atoms with Crippen molar-refractivity contribution in [2.75, 3.05) is 26.5 Å². The van der Waals surface area contributed by atoms with Gasteiger partial charge in [-0.05, 0) is 41.5 Å². The van der Waals surface area contributed by atoms with Crippen LogP contribution in [-0.4, -0.2) is 50.6 Å². The maximum atomic E-state index is 11.5. The van der Waals surface area contributed by atoms with Gasteiger partial charge in [-0.25, -0.2) is 8.42 Å². The number of sulfone groups is 1. The van der Waals surface area contributed by atoms with E-state index in [4.69, 9.17) is 4.74 Å². The summed E-state index contributed by atoms with van der Waals surface area (Å²) in [6, 6.07) is 16.5. The number of aromatic nitrogens is 2. The lowest BCUT2D eigenvalue weighted by molar-refractivity contribution is 0.321. The second-order valence-corrected chi connectivity index (χ2v) is 8.93. The van der Waals surface area contributed by atoms with Crippen molar-refractivity contribution in [2.24, 2.45) is 4.99 Å². The van der Waals surface area contributed by atoms with Gasteiger partial charge in [-0.2, -0.15) is 5.10 Å². The van der Waals surface area contributed by atoms with Gasteiger partial charge in [0, 0.05) is 32.2 Å². The number of nitrogens with zero attached hydrogens (tertiary/aromatic N) is 3. The number of guanidine groups is 1. The first kappa shape index (κ1) is 25.7. The quantitative estimate of drug-likeness (QED) is 0.178. The van der Waals surface area contributed by atoms with Crippen LogP contribution in [0.5, 0.6) is 5.75 Å². The molecule has 2 N–H and O–H groups in total. The lowest BCUT2D eigenvalue weighted by Gasteiger charge is -2.15. The second-order valence-electron chi connectivity index (χ2n) is 6.92. The standard InChI is InChI=1S/C22H27N5O3S.HI/c1-23-22(24-13-15-30-20-8-10-21(11-9-20)31(2,28)29)25-16-18-6-3-4-7-19(18)17-27-14-5-12-26-27;/h3-12,14H,13,15-17H2,1-2H3,(H2,23,24,25);1H. The fourth-order valence-corrected chi connectivity index (χ4v) is 3.60. The van der Waals surface area contributed by atoms with Crippen molar-refractivity contribution < 1.29 is 13.2 Å². The number of halogens is 1. The lowest BCUT2D eigenvalue weighted by Crippen LogP contribution is -2.39. The number of nitrogens with one attached hydrogen (secondary N) is 2. The van der Waals surface area contributed by atoms with Gasteiger partial charge in [0.05, 0.1) is 18.0 Å². The molecule has 0 atom stereocenters. The van der Waals surface area contributed by atoms with Crippen molar-refractivity contribution >= 4 is 39.8 Å². The van der Waals surface area contributed by atoms with Crippen LogP contribution < -0.4 is 15.4 Å². The highest BCUT2D eigenvalue weighted by Crippen LogP contribution is 2.15. The summed E-state index contributed by atoms with van der Waals surface area (Å²) in [5, 5.41) is 10.8. The number of benzene rings is 2. The minimum Gasteiger partial charge on any atom is -0.492 e. The fraction of sp³-hybridized carbons (Fsp3) is 0.273. The summed E-state index contributed by atoms with van der Waals surface area (Å²) in [5.74, 6) is 1.29. The molecule has 0 amide bonds. The van der Waals surface area contributed by atoms with Gasteiger partial charge in [0.1, 0.15) is 12.4 Å². The van der Waals surface area contributed by atoms with Crippen molar-refractivity contribution in [3.63, 3.8) is 0 Å². The van der Waals surface area contributed by atoms with E-state index in [1.807, 2.05) is 29.1 Å². The molecule has 3 rings (SSSR count). The molecule has 0 aliphatic carbocycles. The second kappa shape index (κ2) is 12.4. The molecule has 0 bridgehead atoms. The van der Waals surface area contributed by atoms with Crippen molar-refractivity contribution in [1.82, 2.24) is 20.4 Å². The monoisotopic (exact) mass is 569 g/mol. The molecule has 0 radical (unpaired) electrons. The van der Waals surface area contributed by atoms with Gasteiger partial charge in [-0.1, -0.05) is 24.3 Å². The molecule has 0 unspecified atom stereocenters. The van der Waals surface area contributed by atoms with Crippen LogP contribution in [0.4, 0.5) is 0 Å². The van der Waals surface area contributed by atoms with E-state index in [1.165, 1.54) is 17.4 Å². The Kier molecular flexibility index (Phi) is 9.97. The number of ether oxygens (including phenoxy) is 1. The van der Waals surface area contributed by atoms with Crippen LogP contribution in [0.2, 0.25) is 0 Å². The third kappa shape index (κ3) is 7.83. The summed E-state index contributed by atoms with van der Waals surface area (Å²) in [5.41, 5.74) is 2.36. The molecule has 172 valence electrons. The minimum absolute atomic E-state index is 0. The molecule has 10 heteroatoms. The first-order valence-electron chi connectivity index (χ1n) is 9.87. The molecule has 0 aliphatic rings. The summed E-state index contributed by atoms with van der Waals surface area (Å²) in [6.07, 6.45) is 4.90. The normalized spacial score (nSPS) is 11.5. The molecule has 0 saturated heterocycles. The highest BCUT2D eigenvalue weighted by atomic mass is 127. The topological polar surface area (TPSA) is 97.6 Å². The molecule has 8 nitrogen and oxygen atoms in total. The number of rotatable bonds is 9. The van der Waals surface area contributed by atoms with E-state index < -0.39 is 9.84 Å². The summed E-state index contributed by atoms with van der Waals surface area (Å²) >= 11 is 0. The Balaban J connectivity index is 0.00000363. The molecule has 0 spiro atoms. The molecule has 0 aliphatic heterocycles. The Bertz CT molecular complexity index is 1100. The average Bonchev–Trinajstić information content (AvgIpc) is 3.27. The van der Waals surface area contributed by atoms with Gasteiger partial charge < -0.3 is 15.4 Å². The Labute approximate surface area is 206 Å². The molecule has 0 fully saturated rings. The molecule has 2 aromatic carbocycles. The smallest absolute Gasteiger partial charge is 0.191 e. The predicted octanol–water partition coefficient (Wildman–Crippen LogP) is 2.70. The Morgan fingerprint density at radius 1 is 1.06 bits per heavy atom. The van der Waals surface area contributed by atoms with Crippen LogP contribution >= 0.6 is 24.0 Å². The van der Waals surface area contributed by atoms with Crippen LogP contribution in [0.15, 0.2) is 76.9 Å². The number of aliphatic imine (C=N–C) groups is 1. The number of hydrogen-bond donors (Lipinski definition) is 2. The molecule has 3 aromatic rings. The largest absolute Gasteiger partial charge is 0.492 e. The summed E-state index contributed by atoms with van der Waals surface area (Å²) in [6.45, 7) is 2.30. The van der Waals surface area contributed by atoms with Crippen molar-refractivity contribution in [2.45, 2.75) is 18.0 Å². The van der Waals surface area contributed by atoms with Crippen molar-refractivity contribution in [3.8, 4) is 5.75 Å². The van der Waals surface area contributed by atoms with Gasteiger partial charge in [0.15, 0.2) is 15.8 Å². The molecule has 32 heavy (non-hydrogen) atoms. The first-order valence-corrected chi connectivity index (χ1v) is 11.8. The first-order chi connectivity index (χ1) is 15.0. The van der Waals surface area contributed by atoms with E-state index in [0.717, 1.165) is 0 Å². The van der Waals surface area contributed by atoms with Crippen LogP contribution in [0.1, 0.15) is 11.1 Å². The molecular weight excluding hydrogens is 541 g/mol. The van der Waals surface area contributed by atoms with Gasteiger partial charge in [0.25, 0.3) is 0 Å². The summed E-state index contributed by atoms with van der Waals surface area (Å²) in [4.78, 5) is 4.52. The van der Waals surface area contributed by atoms with E-state index >= 15 is 0 Å². The van der Waals surface area contributed by atoms with Crippen LogP contribution in [0.3, 0.4) is 0 Å². The van der Waals surface area contributed by atoms with Crippen molar-refractivity contribution in [1.29, 1.82) is 0 Å². The summed E-state index contributed by atoms with van der Waals surface area (Å²) in [7, 11) is -1.49. The average molecular weight is 569 g/mol. The van der Waals surface area contributed by atoms with Crippen LogP contribution in [0, 0.1) is 0 Å². The van der Waals surface area contributed by atoms with Gasteiger partial charge in [-0.3, -0.25) is 9.67 Å². The number of hydrogen-bond acceptors (Lipinski definition) is 5. The van der Waals surface area contributed by atoms with Crippen LogP contribution in [-0.2, 0) is 22.9 Å². The van der Waals surface area contributed by atoms with E-state index in [0.29, 0.717) is 38.0 Å². The Hall–Kier alpha value is -2.60. The van der Waals surface area contributed by atoms with Gasteiger partial charge in [0.2, 0.25) is 0 Å². The van der Waals surface area contributed by atoms with E-state index in [1.54, 1.807) is 37.5 Å². The minimum atomic E-state index is -3.20. The molecule has 1 aromatic heterocycles. The van der Waals surface area contributed by atoms with Gasteiger partial charge in [-0.15, -0.1) is 24.0 Å². The zero-order chi connectivity index (χ0) is 22.1. The molecular formula is C22H28IN5O3S. The van der Waals surface area contributed by atoms with E-state index in [-0.39, 0.29) is 28.9 Å².